The molecule has 1 aromatic carbocycles. The zero-order valence-electron chi connectivity index (χ0n) is 11.1. The highest BCUT2D eigenvalue weighted by Crippen LogP contribution is 2.29. The summed E-state index contributed by atoms with van der Waals surface area (Å²) in [5.41, 5.74) is 1.15. The molecule has 19 heavy (non-hydrogen) atoms. The number of rotatable bonds is 7. The minimum atomic E-state index is -2.87. The fraction of sp³-hybridized carbons (Fsp3) is 0.538. The summed E-state index contributed by atoms with van der Waals surface area (Å²) < 4.78 is 25.0. The van der Waals surface area contributed by atoms with Gasteiger partial charge in [-0.1, -0.05) is 44.8 Å². The molecule has 0 fully saturated rings. The molecule has 1 unspecified atom stereocenters. The number of sulfone groups is 1. The van der Waals surface area contributed by atoms with Crippen molar-refractivity contribution < 1.29 is 8.42 Å². The van der Waals surface area contributed by atoms with E-state index in [0.717, 1.165) is 20.9 Å². The fourth-order valence-corrected chi connectivity index (χ4v) is 4.11. The first-order chi connectivity index (χ1) is 8.89. The van der Waals surface area contributed by atoms with Crippen molar-refractivity contribution in [1.82, 2.24) is 5.32 Å². The summed E-state index contributed by atoms with van der Waals surface area (Å²) in [5, 5.41) is 3.24. The maximum Gasteiger partial charge on any atom is 0.150 e. The van der Waals surface area contributed by atoms with Gasteiger partial charge in [-0.05, 0) is 37.6 Å². The van der Waals surface area contributed by atoms with Gasteiger partial charge in [0.15, 0.2) is 0 Å². The van der Waals surface area contributed by atoms with Crippen LogP contribution in [0.3, 0.4) is 0 Å². The summed E-state index contributed by atoms with van der Waals surface area (Å²) in [6.07, 6.45) is 1.47. The van der Waals surface area contributed by atoms with Crippen LogP contribution in [0, 0.1) is 0 Å². The monoisotopic (exact) mass is 411 g/mol. The lowest BCUT2D eigenvalue weighted by atomic mass is 10.0. The molecule has 0 saturated heterocycles. The number of halogens is 2. The first kappa shape index (κ1) is 17.1. The van der Waals surface area contributed by atoms with Crippen molar-refractivity contribution in [1.29, 1.82) is 0 Å². The van der Waals surface area contributed by atoms with Crippen LogP contribution in [-0.2, 0) is 9.84 Å². The smallest absolute Gasteiger partial charge is 0.150 e. The van der Waals surface area contributed by atoms with Gasteiger partial charge in [-0.25, -0.2) is 8.42 Å². The van der Waals surface area contributed by atoms with E-state index in [1.54, 1.807) is 6.92 Å². The van der Waals surface area contributed by atoms with E-state index in [-0.39, 0.29) is 17.5 Å². The van der Waals surface area contributed by atoms with Crippen molar-refractivity contribution in [2.45, 2.75) is 25.8 Å². The Labute approximate surface area is 132 Å². The Morgan fingerprint density at radius 1 is 1.32 bits per heavy atom. The largest absolute Gasteiger partial charge is 0.313 e. The van der Waals surface area contributed by atoms with Crippen LogP contribution < -0.4 is 5.32 Å². The minimum absolute atomic E-state index is 0.162. The second-order valence-electron chi connectivity index (χ2n) is 4.39. The number of hydrogen-bond acceptors (Lipinski definition) is 3. The molecular formula is C13H19Br2NO2S. The van der Waals surface area contributed by atoms with Gasteiger partial charge in [0.1, 0.15) is 9.84 Å². The van der Waals surface area contributed by atoms with Crippen LogP contribution in [0.5, 0.6) is 0 Å². The Morgan fingerprint density at radius 2 is 2.00 bits per heavy atom. The molecule has 108 valence electrons. The van der Waals surface area contributed by atoms with E-state index >= 15 is 0 Å². The van der Waals surface area contributed by atoms with Gasteiger partial charge in [-0.2, -0.15) is 0 Å². The molecule has 1 rings (SSSR count). The third kappa shape index (κ3) is 5.53. The summed E-state index contributed by atoms with van der Waals surface area (Å²) in [4.78, 5) is 0. The molecule has 1 atom stereocenters. The van der Waals surface area contributed by atoms with Crippen LogP contribution in [0.25, 0.3) is 0 Å². The van der Waals surface area contributed by atoms with Crippen molar-refractivity contribution in [3.05, 3.63) is 32.7 Å². The maximum absolute atomic E-state index is 11.5. The van der Waals surface area contributed by atoms with Gasteiger partial charge in [-0.3, -0.25) is 0 Å². The molecule has 0 heterocycles. The molecule has 1 N–H and O–H groups in total. The molecule has 0 bridgehead atoms. The van der Waals surface area contributed by atoms with E-state index in [9.17, 15) is 8.42 Å². The second kappa shape index (κ2) is 7.76. The average Bonchev–Trinajstić information content (AvgIpc) is 2.36. The Kier molecular flexibility index (Phi) is 7.00. The number of nitrogens with one attached hydrogen (secondary N) is 1. The Hall–Kier alpha value is 0.0900. The van der Waals surface area contributed by atoms with Gasteiger partial charge in [0, 0.05) is 20.7 Å². The topological polar surface area (TPSA) is 46.2 Å². The normalized spacial score (nSPS) is 13.5. The van der Waals surface area contributed by atoms with Crippen molar-refractivity contribution >= 4 is 41.7 Å². The highest BCUT2D eigenvalue weighted by molar-refractivity contribution is 9.11. The van der Waals surface area contributed by atoms with E-state index in [0.29, 0.717) is 6.42 Å². The first-order valence-electron chi connectivity index (χ1n) is 6.22. The van der Waals surface area contributed by atoms with Crippen molar-refractivity contribution in [3.8, 4) is 0 Å². The lowest BCUT2D eigenvalue weighted by molar-refractivity contribution is 0.534. The van der Waals surface area contributed by atoms with Gasteiger partial charge >= 0.3 is 0 Å². The number of hydrogen-bond donors (Lipinski definition) is 1. The quantitative estimate of drug-likeness (QED) is 0.742. The van der Waals surface area contributed by atoms with E-state index in [4.69, 9.17) is 0 Å². The van der Waals surface area contributed by atoms with E-state index in [1.807, 2.05) is 25.2 Å². The van der Waals surface area contributed by atoms with Gasteiger partial charge in [0.25, 0.3) is 0 Å². The number of benzene rings is 1. The Morgan fingerprint density at radius 3 is 2.53 bits per heavy atom. The summed E-state index contributed by atoms with van der Waals surface area (Å²) in [5.74, 6) is 0.481. The van der Waals surface area contributed by atoms with Gasteiger partial charge in [-0.15, -0.1) is 0 Å². The maximum atomic E-state index is 11.5. The van der Waals surface area contributed by atoms with Gasteiger partial charge in [0.2, 0.25) is 0 Å². The molecule has 1 aromatic rings. The lowest BCUT2D eigenvalue weighted by Gasteiger charge is -2.18. The summed E-state index contributed by atoms with van der Waals surface area (Å²) in [6, 6.07) is 6.20. The zero-order chi connectivity index (χ0) is 14.5. The highest BCUT2D eigenvalue weighted by atomic mass is 79.9. The van der Waals surface area contributed by atoms with E-state index in [1.165, 1.54) is 0 Å². The lowest BCUT2D eigenvalue weighted by Crippen LogP contribution is -2.18. The average molecular weight is 413 g/mol. The van der Waals surface area contributed by atoms with Crippen molar-refractivity contribution in [3.63, 3.8) is 0 Å². The van der Waals surface area contributed by atoms with Crippen LogP contribution in [0.15, 0.2) is 27.1 Å². The third-order valence-electron chi connectivity index (χ3n) is 3.07. The first-order valence-corrected chi connectivity index (χ1v) is 9.63. The molecule has 0 aliphatic heterocycles. The Bertz CT molecular complexity index is 517. The van der Waals surface area contributed by atoms with E-state index < -0.39 is 9.84 Å². The van der Waals surface area contributed by atoms with Crippen molar-refractivity contribution in [2.24, 2.45) is 0 Å². The molecule has 0 spiro atoms. The minimum Gasteiger partial charge on any atom is -0.313 e. The zero-order valence-corrected chi connectivity index (χ0v) is 15.1. The Balaban J connectivity index is 2.68. The van der Waals surface area contributed by atoms with Crippen LogP contribution in [0.1, 0.15) is 31.4 Å². The van der Waals surface area contributed by atoms with Crippen LogP contribution >= 0.6 is 31.9 Å². The molecule has 0 aliphatic carbocycles. The molecule has 0 aromatic heterocycles. The second-order valence-corrected chi connectivity index (χ2v) is 8.63. The van der Waals surface area contributed by atoms with E-state index in [2.05, 4.69) is 37.2 Å². The fourth-order valence-electron chi connectivity index (χ4n) is 1.89. The molecule has 0 radical (unpaired) electrons. The molecule has 0 amide bonds. The molecule has 0 saturated carbocycles. The predicted octanol–water partition coefficient (Wildman–Crippen LogP) is 3.69. The van der Waals surface area contributed by atoms with Crippen LogP contribution in [0.4, 0.5) is 0 Å². The predicted molar refractivity (Wildman–Crippen MR) is 87.2 cm³/mol. The van der Waals surface area contributed by atoms with Gasteiger partial charge in [0.05, 0.1) is 5.75 Å². The van der Waals surface area contributed by atoms with Crippen LogP contribution in [-0.4, -0.2) is 27.0 Å². The molecule has 0 aliphatic rings. The summed E-state index contributed by atoms with van der Waals surface area (Å²) in [7, 11) is -0.973. The van der Waals surface area contributed by atoms with Gasteiger partial charge < -0.3 is 5.32 Å². The highest BCUT2D eigenvalue weighted by Gasteiger charge is 2.14. The standard InChI is InChI=1S/C13H19Br2NO2S/c1-3-19(17,18)8-4-5-13(16-2)11-7-6-10(14)9-12(11)15/h6-7,9,13,16H,3-5,8H2,1-2H3. The third-order valence-corrected chi connectivity index (χ3v) is 6.04. The molecule has 3 nitrogen and oxygen atoms in total. The molecular weight excluding hydrogens is 394 g/mol. The molecule has 6 heteroatoms. The SMILES string of the molecule is CCS(=O)(=O)CCCC(NC)c1ccc(Br)cc1Br. The van der Waals surface area contributed by atoms with Crippen LogP contribution in [0.2, 0.25) is 0 Å². The summed E-state index contributed by atoms with van der Waals surface area (Å²) in [6.45, 7) is 1.69. The summed E-state index contributed by atoms with van der Waals surface area (Å²) >= 11 is 6.97. The van der Waals surface area contributed by atoms with Crippen molar-refractivity contribution in [2.75, 3.05) is 18.6 Å².